The number of carbonyl (C=O) groups excluding carboxylic acids is 2. The monoisotopic (exact) mass is 534 g/mol. The molecule has 0 saturated carbocycles. The summed E-state index contributed by atoms with van der Waals surface area (Å²) in [5.41, 5.74) is 2.23. The van der Waals surface area contributed by atoms with Crippen LogP contribution in [0.5, 0.6) is 5.75 Å². The molecule has 206 valence electrons. The van der Waals surface area contributed by atoms with Crippen LogP contribution in [0.4, 0.5) is 20.6 Å². The lowest BCUT2D eigenvalue weighted by atomic mass is 9.99. The van der Waals surface area contributed by atoms with Gasteiger partial charge in [0.1, 0.15) is 11.9 Å². The van der Waals surface area contributed by atoms with Crippen molar-refractivity contribution < 1.29 is 23.8 Å². The molecule has 3 aromatic carbocycles. The van der Waals surface area contributed by atoms with E-state index >= 15 is 0 Å². The van der Waals surface area contributed by atoms with E-state index in [1.807, 2.05) is 39.1 Å². The van der Waals surface area contributed by atoms with E-state index in [1.54, 1.807) is 23.1 Å². The van der Waals surface area contributed by atoms with Gasteiger partial charge in [-0.2, -0.15) is 0 Å². The van der Waals surface area contributed by atoms with Gasteiger partial charge < -0.3 is 25.4 Å². The van der Waals surface area contributed by atoms with Crippen LogP contribution < -0.4 is 15.4 Å². The lowest BCUT2D eigenvalue weighted by molar-refractivity contribution is 0.0343. The fourth-order valence-electron chi connectivity index (χ4n) is 4.64. The maximum atomic E-state index is 13.6. The fourth-order valence-corrected chi connectivity index (χ4v) is 4.64. The number of benzene rings is 3. The van der Waals surface area contributed by atoms with Crippen molar-refractivity contribution in [2.45, 2.75) is 32.5 Å². The molecular formula is C30H35FN4O4. The maximum absolute atomic E-state index is 13.6. The molecule has 0 fully saturated rings. The van der Waals surface area contributed by atoms with Gasteiger partial charge >= 0.3 is 6.03 Å². The van der Waals surface area contributed by atoms with Crippen molar-refractivity contribution in [3.05, 3.63) is 89.7 Å². The summed E-state index contributed by atoms with van der Waals surface area (Å²) in [6, 6.07) is 19.6. The Morgan fingerprint density at radius 3 is 2.51 bits per heavy atom. The Hall–Kier alpha value is -3.95. The highest BCUT2D eigenvalue weighted by atomic mass is 19.1. The molecule has 3 aromatic rings. The Bertz CT molecular complexity index is 1270. The highest BCUT2D eigenvalue weighted by Crippen LogP contribution is 2.35. The second-order valence-corrected chi connectivity index (χ2v) is 10.1. The van der Waals surface area contributed by atoms with Crippen molar-refractivity contribution in [1.82, 2.24) is 9.80 Å². The van der Waals surface area contributed by atoms with Gasteiger partial charge in [-0.05, 0) is 55.9 Å². The molecule has 39 heavy (non-hydrogen) atoms. The largest absolute Gasteiger partial charge is 0.486 e. The van der Waals surface area contributed by atoms with Gasteiger partial charge in [-0.3, -0.25) is 9.69 Å². The summed E-state index contributed by atoms with van der Waals surface area (Å²) >= 11 is 0. The van der Waals surface area contributed by atoms with Crippen molar-refractivity contribution >= 4 is 23.3 Å². The number of likely N-dealkylation sites (N-methyl/N-ethyl adjacent to an activating group) is 1. The number of aliphatic hydroxyl groups excluding tert-OH is 1. The van der Waals surface area contributed by atoms with Crippen LogP contribution in [0.2, 0.25) is 0 Å². The lowest BCUT2D eigenvalue weighted by Gasteiger charge is -2.38. The lowest BCUT2D eigenvalue weighted by Crippen LogP contribution is -2.49. The molecule has 0 aromatic heterocycles. The topological polar surface area (TPSA) is 94.1 Å². The van der Waals surface area contributed by atoms with E-state index in [2.05, 4.69) is 27.7 Å². The van der Waals surface area contributed by atoms with E-state index < -0.39 is 17.9 Å². The first-order chi connectivity index (χ1) is 18.7. The van der Waals surface area contributed by atoms with E-state index in [4.69, 9.17) is 4.74 Å². The molecular weight excluding hydrogens is 499 g/mol. The summed E-state index contributed by atoms with van der Waals surface area (Å²) in [7, 11) is 2.02. The molecule has 1 heterocycles. The standard InChI is InChI=1S/C30H35FN4O4/c1-20-16-35(21(2)19-36)29(37)25-10-7-11-26(33-30(38)32-24-14-12-23(31)13-15-24)28(25)39-27(20)18-34(3)17-22-8-5-4-6-9-22/h4-15,20-21,27,36H,16-19H2,1-3H3,(H2,32,33,38)/t20-,21-,27-/m0/s1. The average Bonchev–Trinajstić information content (AvgIpc) is 2.92. The molecule has 0 unspecified atom stereocenters. The van der Waals surface area contributed by atoms with E-state index in [-0.39, 0.29) is 30.3 Å². The number of carbonyl (C=O) groups is 2. The predicted molar refractivity (Wildman–Crippen MR) is 149 cm³/mol. The van der Waals surface area contributed by atoms with Gasteiger partial charge in [-0.15, -0.1) is 0 Å². The van der Waals surface area contributed by atoms with Crippen molar-refractivity contribution in [3.8, 4) is 5.75 Å². The highest BCUT2D eigenvalue weighted by molar-refractivity contribution is 6.04. The first-order valence-corrected chi connectivity index (χ1v) is 13.0. The summed E-state index contributed by atoms with van der Waals surface area (Å²) in [6.07, 6.45) is -0.318. The molecule has 0 bridgehead atoms. The number of hydrogen-bond donors (Lipinski definition) is 3. The van der Waals surface area contributed by atoms with Gasteiger partial charge in [0.15, 0.2) is 5.75 Å². The summed E-state index contributed by atoms with van der Waals surface area (Å²) in [5, 5.41) is 15.3. The van der Waals surface area contributed by atoms with Crippen molar-refractivity contribution in [2.75, 3.05) is 37.4 Å². The van der Waals surface area contributed by atoms with Gasteiger partial charge in [-0.1, -0.05) is 43.3 Å². The van der Waals surface area contributed by atoms with Gasteiger partial charge in [0.25, 0.3) is 5.91 Å². The number of para-hydroxylation sites is 1. The first kappa shape index (κ1) is 28.1. The number of rotatable bonds is 8. The third-order valence-electron chi connectivity index (χ3n) is 6.83. The van der Waals surface area contributed by atoms with E-state index in [0.717, 1.165) is 6.54 Å². The molecule has 0 aliphatic carbocycles. The number of ether oxygens (including phenoxy) is 1. The van der Waals surface area contributed by atoms with Crippen molar-refractivity contribution in [3.63, 3.8) is 0 Å². The van der Waals surface area contributed by atoms with Crippen LogP contribution in [-0.2, 0) is 6.54 Å². The second-order valence-electron chi connectivity index (χ2n) is 10.1. The third-order valence-corrected chi connectivity index (χ3v) is 6.83. The summed E-state index contributed by atoms with van der Waals surface area (Å²) < 4.78 is 19.8. The fraction of sp³-hybridized carbons (Fsp3) is 0.333. The Morgan fingerprint density at radius 2 is 1.82 bits per heavy atom. The highest BCUT2D eigenvalue weighted by Gasteiger charge is 2.34. The van der Waals surface area contributed by atoms with E-state index in [1.165, 1.54) is 29.8 Å². The molecule has 0 radical (unpaired) electrons. The molecule has 0 spiro atoms. The molecule has 8 nitrogen and oxygen atoms in total. The van der Waals surface area contributed by atoms with Crippen LogP contribution in [0.3, 0.4) is 0 Å². The third kappa shape index (κ3) is 7.13. The quantitative estimate of drug-likeness (QED) is 0.385. The molecule has 0 saturated heterocycles. The predicted octanol–water partition coefficient (Wildman–Crippen LogP) is 4.82. The molecule has 3 N–H and O–H groups in total. The smallest absolute Gasteiger partial charge is 0.323 e. The second kappa shape index (κ2) is 12.7. The number of aliphatic hydroxyl groups is 1. The van der Waals surface area contributed by atoms with E-state index in [9.17, 15) is 19.1 Å². The Balaban J connectivity index is 1.62. The van der Waals surface area contributed by atoms with E-state index in [0.29, 0.717) is 30.0 Å². The number of amides is 3. The number of urea groups is 1. The SMILES string of the molecule is C[C@H]1CN([C@@H](C)CO)C(=O)c2cccc(NC(=O)Nc3ccc(F)cc3)c2O[C@H]1CN(C)Cc1ccccc1. The normalized spacial score (nSPS) is 18.0. The van der Waals surface area contributed by atoms with Gasteiger partial charge in [0, 0.05) is 31.2 Å². The zero-order valence-corrected chi connectivity index (χ0v) is 22.4. The number of nitrogens with zero attached hydrogens (tertiary/aromatic N) is 2. The summed E-state index contributed by atoms with van der Waals surface area (Å²) in [5.74, 6) is -0.486. The van der Waals surface area contributed by atoms with Crippen LogP contribution in [0.15, 0.2) is 72.8 Å². The number of fused-ring (bicyclic) bond motifs is 1. The van der Waals surface area contributed by atoms with Crippen LogP contribution in [0.1, 0.15) is 29.8 Å². The molecule has 9 heteroatoms. The first-order valence-electron chi connectivity index (χ1n) is 13.0. The Morgan fingerprint density at radius 1 is 1.10 bits per heavy atom. The minimum absolute atomic E-state index is 0.0737. The van der Waals surface area contributed by atoms with Crippen LogP contribution in [-0.4, -0.2) is 65.7 Å². The summed E-state index contributed by atoms with van der Waals surface area (Å²) in [4.78, 5) is 30.3. The van der Waals surface area contributed by atoms with Gasteiger partial charge in [0.2, 0.25) is 0 Å². The van der Waals surface area contributed by atoms with Gasteiger partial charge in [0.05, 0.1) is 23.9 Å². The molecule has 3 amide bonds. The zero-order valence-electron chi connectivity index (χ0n) is 22.4. The number of hydrogen-bond acceptors (Lipinski definition) is 5. The Kier molecular flexibility index (Phi) is 9.16. The molecule has 4 rings (SSSR count). The van der Waals surface area contributed by atoms with Crippen LogP contribution >= 0.6 is 0 Å². The minimum atomic E-state index is -0.556. The van der Waals surface area contributed by atoms with Crippen LogP contribution in [0.25, 0.3) is 0 Å². The minimum Gasteiger partial charge on any atom is -0.486 e. The maximum Gasteiger partial charge on any atom is 0.323 e. The summed E-state index contributed by atoms with van der Waals surface area (Å²) in [6.45, 7) is 5.35. The zero-order chi connectivity index (χ0) is 27.9. The van der Waals surface area contributed by atoms with Gasteiger partial charge in [-0.25, -0.2) is 9.18 Å². The van der Waals surface area contributed by atoms with Crippen LogP contribution in [0, 0.1) is 11.7 Å². The van der Waals surface area contributed by atoms with Crippen molar-refractivity contribution in [1.29, 1.82) is 0 Å². The number of anilines is 2. The molecule has 1 aliphatic heterocycles. The molecule has 3 atom stereocenters. The number of halogens is 1. The number of nitrogens with one attached hydrogen (secondary N) is 2. The Labute approximate surface area is 228 Å². The molecule has 1 aliphatic rings. The van der Waals surface area contributed by atoms with Crippen molar-refractivity contribution in [2.24, 2.45) is 5.92 Å². The average molecular weight is 535 g/mol.